The second kappa shape index (κ2) is 26.3. The maximum atomic E-state index is 13.4. The van der Waals surface area contributed by atoms with Gasteiger partial charge < -0.3 is 63.4 Å². The zero-order valence-corrected chi connectivity index (χ0v) is 35.1. The molecule has 0 fully saturated rings. The highest BCUT2D eigenvalue weighted by Crippen LogP contribution is 2.21. The van der Waals surface area contributed by atoms with Crippen LogP contribution in [0.1, 0.15) is 75.2 Å². The first-order valence-corrected chi connectivity index (χ1v) is 20.1. The van der Waals surface area contributed by atoms with E-state index in [9.17, 15) is 43.5 Å². The molecule has 8 amide bonds. The van der Waals surface area contributed by atoms with Crippen molar-refractivity contribution in [2.24, 2.45) is 11.5 Å². The quantitative estimate of drug-likeness (QED) is 0.0342. The Morgan fingerprint density at radius 3 is 1.87 bits per heavy atom. The summed E-state index contributed by atoms with van der Waals surface area (Å²) in [5.41, 5.74) is 14.1. The lowest BCUT2D eigenvalue weighted by Gasteiger charge is -2.29. The molecular formula is C40H60BN9O11. The van der Waals surface area contributed by atoms with E-state index in [4.69, 9.17) is 21.5 Å². The predicted octanol–water partition coefficient (Wildman–Crippen LogP) is -2.64. The molecule has 13 N–H and O–H groups in total. The van der Waals surface area contributed by atoms with Crippen LogP contribution in [0.4, 0.5) is 0 Å². The summed E-state index contributed by atoms with van der Waals surface area (Å²) in [6, 6.07) is 8.34. The van der Waals surface area contributed by atoms with Gasteiger partial charge in [0.05, 0.1) is 26.0 Å². The number of rotatable bonds is 26. The van der Waals surface area contributed by atoms with E-state index in [1.165, 1.54) is 26.5 Å². The Kier molecular flexibility index (Phi) is 22.1. The van der Waals surface area contributed by atoms with Crippen molar-refractivity contribution in [1.29, 1.82) is 0 Å². The number of nitrogens with two attached hydrogens (primary N) is 2. The number of aliphatic hydroxyl groups is 1. The van der Waals surface area contributed by atoms with Crippen LogP contribution in [0.2, 0.25) is 0 Å². The molecule has 21 heteroatoms. The van der Waals surface area contributed by atoms with E-state index in [-0.39, 0.29) is 12.0 Å². The average Bonchev–Trinajstić information content (AvgIpc) is 3.23. The van der Waals surface area contributed by atoms with Gasteiger partial charge in [0.15, 0.2) is 0 Å². The van der Waals surface area contributed by atoms with Gasteiger partial charge in [0.1, 0.15) is 30.2 Å². The van der Waals surface area contributed by atoms with Crippen molar-refractivity contribution in [3.8, 4) is 11.1 Å². The topological polar surface area (TPSA) is 325 Å². The van der Waals surface area contributed by atoms with Crippen LogP contribution in [0.3, 0.4) is 0 Å². The Hall–Kier alpha value is -5.90. The predicted molar refractivity (Wildman–Crippen MR) is 225 cm³/mol. The third kappa shape index (κ3) is 17.7. The summed E-state index contributed by atoms with van der Waals surface area (Å²) < 4.78 is 0. The molecule has 0 saturated carbocycles. The number of carbonyl (C=O) groups excluding carboxylic acids is 8. The van der Waals surface area contributed by atoms with Crippen LogP contribution in [0.25, 0.3) is 11.1 Å². The van der Waals surface area contributed by atoms with Gasteiger partial charge >= 0.3 is 7.12 Å². The molecule has 0 aromatic heterocycles. The highest BCUT2D eigenvalue weighted by atomic mass is 16.4. The molecule has 0 aliphatic carbocycles. The molecule has 0 aliphatic rings. The first kappa shape index (κ1) is 51.2. The van der Waals surface area contributed by atoms with Gasteiger partial charge in [-0.15, -0.1) is 0 Å². The molecule has 0 saturated heterocycles. The molecule has 0 spiro atoms. The van der Waals surface area contributed by atoms with Gasteiger partial charge in [0.25, 0.3) is 5.91 Å². The Balaban J connectivity index is 1.98. The van der Waals surface area contributed by atoms with E-state index in [2.05, 4.69) is 51.0 Å². The monoisotopic (exact) mass is 853 g/mol. The number of primary amides is 1. The summed E-state index contributed by atoms with van der Waals surface area (Å²) in [5, 5.41) is 42.0. The van der Waals surface area contributed by atoms with Crippen LogP contribution in [0, 0.1) is 0 Å². The summed E-state index contributed by atoms with van der Waals surface area (Å²) in [7, 11) is -0.584. The lowest BCUT2D eigenvalue weighted by atomic mass is 9.92. The van der Waals surface area contributed by atoms with Crippen molar-refractivity contribution in [3.63, 3.8) is 0 Å². The van der Waals surface area contributed by atoms with Crippen molar-refractivity contribution < 1.29 is 53.5 Å². The van der Waals surface area contributed by atoms with E-state index < -0.39 is 111 Å². The SMILES string of the molecule is CCCCc1ccc(-c2ccc(C(=O)N[C@H](CO)C(=O)N[C@H](C)C(=O)NCC(=O)N(C)[C@@H](CCCCN)C(=O)N[C@@H](C)C(=O)N[C@@H](CC(N)=O)C(=O)NCB(O)O)cc2)cc1. The molecule has 61 heavy (non-hydrogen) atoms. The van der Waals surface area contributed by atoms with Gasteiger partial charge in [-0.3, -0.25) is 38.4 Å². The fourth-order valence-electron chi connectivity index (χ4n) is 5.87. The van der Waals surface area contributed by atoms with E-state index >= 15 is 0 Å². The number of nitrogens with one attached hydrogen (secondary N) is 6. The smallest absolute Gasteiger partial charge is 0.426 e. The maximum absolute atomic E-state index is 13.4. The van der Waals surface area contributed by atoms with Gasteiger partial charge in [-0.1, -0.05) is 49.7 Å². The fourth-order valence-corrected chi connectivity index (χ4v) is 5.87. The van der Waals surface area contributed by atoms with Crippen molar-refractivity contribution in [3.05, 3.63) is 59.7 Å². The highest BCUT2D eigenvalue weighted by Gasteiger charge is 2.32. The molecule has 0 aliphatic heterocycles. The lowest BCUT2D eigenvalue weighted by molar-refractivity contribution is -0.140. The number of carbonyl (C=O) groups is 8. The third-order valence-electron chi connectivity index (χ3n) is 9.57. The Bertz CT molecular complexity index is 1800. The van der Waals surface area contributed by atoms with E-state index in [1.54, 1.807) is 24.3 Å². The number of benzene rings is 2. The fraction of sp³-hybridized carbons (Fsp3) is 0.500. The molecule has 334 valence electrons. The van der Waals surface area contributed by atoms with Gasteiger partial charge in [-0.25, -0.2) is 0 Å². The first-order chi connectivity index (χ1) is 28.9. The van der Waals surface area contributed by atoms with Crippen LogP contribution in [-0.4, -0.2) is 138 Å². The van der Waals surface area contributed by atoms with Crippen molar-refractivity contribution in [1.82, 2.24) is 36.8 Å². The van der Waals surface area contributed by atoms with E-state index in [0.29, 0.717) is 19.4 Å². The van der Waals surface area contributed by atoms with Gasteiger partial charge in [-0.05, 0) is 81.3 Å². The minimum atomic E-state index is -1.90. The van der Waals surface area contributed by atoms with E-state index in [0.717, 1.165) is 35.3 Å². The van der Waals surface area contributed by atoms with Crippen LogP contribution in [-0.2, 0) is 40.0 Å². The van der Waals surface area contributed by atoms with Crippen molar-refractivity contribution in [2.45, 2.75) is 95.9 Å². The molecule has 5 atom stereocenters. The summed E-state index contributed by atoms with van der Waals surface area (Å²) >= 11 is 0. The molecule has 0 heterocycles. The summed E-state index contributed by atoms with van der Waals surface area (Å²) in [6.07, 6.45) is 3.01. The van der Waals surface area contributed by atoms with Crippen molar-refractivity contribution in [2.75, 3.05) is 33.2 Å². The number of hydrogen-bond acceptors (Lipinski definition) is 12. The number of likely N-dealkylation sites (N-methyl/N-ethyl adjacent to an activating group) is 1. The number of hydrogen-bond donors (Lipinski definition) is 11. The second-order valence-electron chi connectivity index (χ2n) is 14.5. The van der Waals surface area contributed by atoms with Crippen LogP contribution < -0.4 is 43.4 Å². The molecule has 2 aromatic carbocycles. The second-order valence-corrected chi connectivity index (χ2v) is 14.5. The van der Waals surface area contributed by atoms with Gasteiger partial charge in [0.2, 0.25) is 41.4 Å². The maximum Gasteiger partial charge on any atom is 0.472 e. The van der Waals surface area contributed by atoms with Gasteiger partial charge in [-0.2, -0.15) is 0 Å². The number of amides is 8. The average molecular weight is 854 g/mol. The molecular weight excluding hydrogens is 793 g/mol. The molecule has 0 bridgehead atoms. The van der Waals surface area contributed by atoms with Crippen LogP contribution >= 0.6 is 0 Å². The lowest BCUT2D eigenvalue weighted by Crippen LogP contribution is -2.57. The molecule has 2 aromatic rings. The van der Waals surface area contributed by atoms with E-state index in [1.807, 2.05) is 12.1 Å². The summed E-state index contributed by atoms with van der Waals surface area (Å²) in [4.78, 5) is 103. The van der Waals surface area contributed by atoms with Crippen LogP contribution in [0.5, 0.6) is 0 Å². The minimum Gasteiger partial charge on any atom is -0.426 e. The Morgan fingerprint density at radius 2 is 1.31 bits per heavy atom. The Labute approximate surface area is 355 Å². The number of aryl methyl sites for hydroxylation is 1. The zero-order chi connectivity index (χ0) is 45.6. The molecule has 0 radical (unpaired) electrons. The van der Waals surface area contributed by atoms with Crippen LogP contribution in [0.15, 0.2) is 48.5 Å². The summed E-state index contributed by atoms with van der Waals surface area (Å²) in [5.74, 6) is -6.52. The number of nitrogens with zero attached hydrogens (tertiary/aromatic N) is 1. The van der Waals surface area contributed by atoms with Crippen molar-refractivity contribution >= 4 is 54.4 Å². The third-order valence-corrected chi connectivity index (χ3v) is 9.57. The minimum absolute atomic E-state index is 0.113. The molecule has 2 rings (SSSR count). The summed E-state index contributed by atoms with van der Waals surface area (Å²) in [6.45, 7) is 3.68. The molecule has 20 nitrogen and oxygen atoms in total. The largest absolute Gasteiger partial charge is 0.472 e. The molecule has 0 unspecified atom stereocenters. The first-order valence-electron chi connectivity index (χ1n) is 20.1. The number of unbranched alkanes of at least 4 members (excludes halogenated alkanes) is 2. The number of aliphatic hydroxyl groups excluding tert-OH is 1. The Morgan fingerprint density at radius 1 is 0.721 bits per heavy atom. The highest BCUT2D eigenvalue weighted by molar-refractivity contribution is 6.41. The normalized spacial score (nSPS) is 13.2. The zero-order valence-electron chi connectivity index (χ0n) is 35.1. The standard InChI is InChI=1S/C40H60BN9O11/c1-5-6-9-26-11-13-27(14-12-26)28-15-17-29(18-16-28)37(56)49-31(22-51)39(58)46-24(2)35(54)44-21-34(53)50(4)32(10-7-8-19-42)40(59)47-25(3)36(55)48-30(20-33(43)52)38(57)45-23-41(60)61/h11-18,24-25,30-32,51,60-61H,5-10,19-23,42H2,1-4H3,(H2,43,52)(H,44,54)(H,45,57)(H,46,58)(H,47,59)(H,48,55)(H,49,56)/t24-,25+,30+,31-,32+/m1/s1. The van der Waals surface area contributed by atoms with Gasteiger partial charge in [0, 0.05) is 12.6 Å².